The lowest BCUT2D eigenvalue weighted by Gasteiger charge is -2.21. The van der Waals surface area contributed by atoms with Gasteiger partial charge in [-0.1, -0.05) is 63.9 Å². The summed E-state index contributed by atoms with van der Waals surface area (Å²) >= 11 is 1.82. The molecule has 0 aliphatic heterocycles. The van der Waals surface area contributed by atoms with Gasteiger partial charge in [0.1, 0.15) is 0 Å². The molecule has 1 saturated carbocycles. The zero-order valence-electron chi connectivity index (χ0n) is 13.6. The first kappa shape index (κ1) is 16.7. The molecule has 2 heteroatoms. The number of nitrogens with one attached hydrogen (secondary N) is 1. The Labute approximate surface area is 135 Å². The van der Waals surface area contributed by atoms with Crippen LogP contribution in [0.4, 0.5) is 5.69 Å². The van der Waals surface area contributed by atoms with E-state index in [9.17, 15) is 0 Å². The van der Waals surface area contributed by atoms with Gasteiger partial charge in [-0.15, -0.1) is 11.8 Å². The lowest BCUT2D eigenvalue weighted by Crippen LogP contribution is -2.19. The van der Waals surface area contributed by atoms with Crippen molar-refractivity contribution >= 4 is 17.4 Å². The summed E-state index contributed by atoms with van der Waals surface area (Å²) in [5.41, 5.74) is 1.30. The van der Waals surface area contributed by atoms with E-state index >= 15 is 0 Å². The third kappa shape index (κ3) is 6.78. The quantitative estimate of drug-likeness (QED) is 0.640. The lowest BCUT2D eigenvalue weighted by molar-refractivity contribution is 0.480. The highest BCUT2D eigenvalue weighted by Gasteiger charge is 2.09. The summed E-state index contributed by atoms with van der Waals surface area (Å²) in [5, 5.41) is 3.79. The van der Waals surface area contributed by atoms with Crippen LogP contribution in [0.25, 0.3) is 0 Å². The van der Waals surface area contributed by atoms with E-state index in [0.29, 0.717) is 6.04 Å². The van der Waals surface area contributed by atoms with E-state index in [1.807, 2.05) is 11.8 Å². The van der Waals surface area contributed by atoms with Gasteiger partial charge in [0.25, 0.3) is 0 Å². The Hall–Kier alpha value is -0.630. The summed E-state index contributed by atoms with van der Waals surface area (Å²) in [5.74, 6) is 0. The highest BCUT2D eigenvalue weighted by atomic mass is 32.2. The second-order valence-electron chi connectivity index (χ2n) is 6.33. The molecule has 1 nitrogen and oxygen atoms in total. The molecule has 0 unspecified atom stereocenters. The standard InChI is InChI=1S/C19H31NS/c1-21-19-15-11-14-18(16-19)20-17-12-9-7-5-3-2-4-6-8-10-13-17/h11,14-17,20H,2-10,12-13H2,1H3. The van der Waals surface area contributed by atoms with Crippen LogP contribution in [0.5, 0.6) is 0 Å². The number of thioether (sulfide) groups is 1. The Morgan fingerprint density at radius 2 is 1.43 bits per heavy atom. The zero-order valence-corrected chi connectivity index (χ0v) is 14.4. The molecule has 118 valence electrons. The summed E-state index contributed by atoms with van der Waals surface area (Å²) < 4.78 is 0. The summed E-state index contributed by atoms with van der Waals surface area (Å²) in [4.78, 5) is 1.35. The largest absolute Gasteiger partial charge is 0.382 e. The second-order valence-corrected chi connectivity index (χ2v) is 7.21. The first-order valence-electron chi connectivity index (χ1n) is 8.79. The third-order valence-electron chi connectivity index (χ3n) is 4.55. The number of benzene rings is 1. The highest BCUT2D eigenvalue weighted by Crippen LogP contribution is 2.23. The Bertz CT molecular complexity index is 379. The maximum Gasteiger partial charge on any atom is 0.0353 e. The van der Waals surface area contributed by atoms with Gasteiger partial charge in [0.2, 0.25) is 0 Å². The monoisotopic (exact) mass is 305 g/mol. The molecule has 1 aliphatic rings. The number of anilines is 1. The van der Waals surface area contributed by atoms with E-state index in [1.165, 1.54) is 81.2 Å². The molecule has 1 aromatic carbocycles. The van der Waals surface area contributed by atoms with Crippen molar-refractivity contribution < 1.29 is 0 Å². The molecule has 0 amide bonds. The van der Waals surface area contributed by atoms with Gasteiger partial charge >= 0.3 is 0 Å². The molecule has 0 atom stereocenters. The van der Waals surface area contributed by atoms with Crippen molar-refractivity contribution in [2.75, 3.05) is 11.6 Å². The smallest absolute Gasteiger partial charge is 0.0353 e. The highest BCUT2D eigenvalue weighted by molar-refractivity contribution is 7.98. The van der Waals surface area contributed by atoms with Gasteiger partial charge in [-0.2, -0.15) is 0 Å². The van der Waals surface area contributed by atoms with E-state index in [-0.39, 0.29) is 0 Å². The van der Waals surface area contributed by atoms with Gasteiger partial charge in [-0.25, -0.2) is 0 Å². The molecular weight excluding hydrogens is 274 g/mol. The predicted octanol–water partition coefficient (Wildman–Crippen LogP) is 6.49. The predicted molar refractivity (Wildman–Crippen MR) is 96.4 cm³/mol. The molecule has 0 spiro atoms. The Morgan fingerprint density at radius 1 is 0.857 bits per heavy atom. The lowest BCUT2D eigenvalue weighted by atomic mass is 9.98. The van der Waals surface area contributed by atoms with Gasteiger partial charge in [0.05, 0.1) is 0 Å². The van der Waals surface area contributed by atoms with Crippen LogP contribution < -0.4 is 5.32 Å². The number of rotatable bonds is 3. The van der Waals surface area contributed by atoms with Crippen LogP contribution in [0.2, 0.25) is 0 Å². The van der Waals surface area contributed by atoms with Crippen LogP contribution >= 0.6 is 11.8 Å². The molecule has 0 radical (unpaired) electrons. The van der Waals surface area contributed by atoms with Crippen LogP contribution in [0.1, 0.15) is 70.6 Å². The van der Waals surface area contributed by atoms with E-state index in [2.05, 4.69) is 35.8 Å². The van der Waals surface area contributed by atoms with Crippen molar-refractivity contribution in [3.63, 3.8) is 0 Å². The SMILES string of the molecule is CSc1cccc(NC2CCCCCCCCCCC2)c1. The average Bonchev–Trinajstić information content (AvgIpc) is 2.50. The molecule has 1 aliphatic carbocycles. The van der Waals surface area contributed by atoms with Gasteiger partial charge < -0.3 is 5.32 Å². The molecule has 0 bridgehead atoms. The minimum absolute atomic E-state index is 0.668. The molecule has 21 heavy (non-hydrogen) atoms. The first-order valence-corrected chi connectivity index (χ1v) is 10.0. The third-order valence-corrected chi connectivity index (χ3v) is 5.27. The molecule has 2 rings (SSSR count). The number of hydrogen-bond donors (Lipinski definition) is 1. The summed E-state index contributed by atoms with van der Waals surface area (Å²) in [6.07, 6.45) is 17.7. The van der Waals surface area contributed by atoms with Gasteiger partial charge in [0.15, 0.2) is 0 Å². The Balaban J connectivity index is 1.87. The van der Waals surface area contributed by atoms with Crippen LogP contribution in [0.15, 0.2) is 29.2 Å². The molecule has 1 aromatic rings. The average molecular weight is 306 g/mol. The molecule has 1 N–H and O–H groups in total. The topological polar surface area (TPSA) is 12.0 Å². The molecular formula is C19H31NS. The molecule has 0 heterocycles. The van der Waals surface area contributed by atoms with E-state index in [1.54, 1.807) is 0 Å². The molecule has 0 saturated heterocycles. The minimum atomic E-state index is 0.668. The Morgan fingerprint density at radius 3 is 2.00 bits per heavy atom. The summed E-state index contributed by atoms with van der Waals surface area (Å²) in [6.45, 7) is 0. The normalized spacial score (nSPS) is 19.5. The summed E-state index contributed by atoms with van der Waals surface area (Å²) in [7, 11) is 0. The van der Waals surface area contributed by atoms with Gasteiger partial charge in [-0.05, 0) is 37.3 Å². The van der Waals surface area contributed by atoms with Crippen molar-refractivity contribution in [1.82, 2.24) is 0 Å². The molecule has 0 aromatic heterocycles. The second kappa shape index (κ2) is 10.2. The van der Waals surface area contributed by atoms with Crippen molar-refractivity contribution in [1.29, 1.82) is 0 Å². The maximum atomic E-state index is 3.79. The summed E-state index contributed by atoms with van der Waals surface area (Å²) in [6, 6.07) is 9.54. The fourth-order valence-corrected chi connectivity index (χ4v) is 3.72. The van der Waals surface area contributed by atoms with E-state index < -0.39 is 0 Å². The zero-order chi connectivity index (χ0) is 14.8. The van der Waals surface area contributed by atoms with Crippen molar-refractivity contribution in [3.8, 4) is 0 Å². The van der Waals surface area contributed by atoms with E-state index in [4.69, 9.17) is 0 Å². The first-order chi connectivity index (χ1) is 10.4. The van der Waals surface area contributed by atoms with Crippen molar-refractivity contribution in [2.24, 2.45) is 0 Å². The van der Waals surface area contributed by atoms with Crippen molar-refractivity contribution in [2.45, 2.75) is 81.6 Å². The van der Waals surface area contributed by atoms with Crippen LogP contribution in [-0.4, -0.2) is 12.3 Å². The van der Waals surface area contributed by atoms with Crippen LogP contribution in [0, 0.1) is 0 Å². The van der Waals surface area contributed by atoms with Gasteiger partial charge in [0, 0.05) is 16.6 Å². The fraction of sp³-hybridized carbons (Fsp3) is 0.684. The van der Waals surface area contributed by atoms with Crippen LogP contribution in [0.3, 0.4) is 0 Å². The minimum Gasteiger partial charge on any atom is -0.382 e. The van der Waals surface area contributed by atoms with Crippen LogP contribution in [-0.2, 0) is 0 Å². The van der Waals surface area contributed by atoms with E-state index in [0.717, 1.165) is 0 Å². The molecule has 1 fully saturated rings. The fourth-order valence-electron chi connectivity index (χ4n) is 3.26. The Kier molecular flexibility index (Phi) is 8.09. The van der Waals surface area contributed by atoms with Gasteiger partial charge in [-0.3, -0.25) is 0 Å². The van der Waals surface area contributed by atoms with Crippen molar-refractivity contribution in [3.05, 3.63) is 24.3 Å². The number of hydrogen-bond acceptors (Lipinski definition) is 2. The maximum absolute atomic E-state index is 3.79.